The average molecular weight is 256 g/mol. The summed E-state index contributed by atoms with van der Waals surface area (Å²) < 4.78 is 0. The van der Waals surface area contributed by atoms with Crippen LogP contribution in [0.3, 0.4) is 0 Å². The Morgan fingerprint density at radius 1 is 1.28 bits per heavy atom. The van der Waals surface area contributed by atoms with Gasteiger partial charge < -0.3 is 15.0 Å². The van der Waals surface area contributed by atoms with Gasteiger partial charge in [0.15, 0.2) is 0 Å². The Kier molecular flexibility index (Phi) is 5.96. The van der Waals surface area contributed by atoms with Crippen molar-refractivity contribution in [2.75, 3.05) is 0 Å². The molecule has 0 aromatic heterocycles. The molecule has 1 aliphatic rings. The first-order valence-corrected chi connectivity index (χ1v) is 6.89. The van der Waals surface area contributed by atoms with Crippen LogP contribution < -0.4 is 0 Å². The zero-order valence-electron chi connectivity index (χ0n) is 11.2. The highest BCUT2D eigenvalue weighted by Gasteiger charge is 2.41. The van der Waals surface area contributed by atoms with Crippen molar-refractivity contribution < 1.29 is 19.8 Å². The summed E-state index contributed by atoms with van der Waals surface area (Å²) in [6.45, 7) is 3.99. The maximum Gasteiger partial charge on any atom is 0.135 e. The molecule has 0 spiro atoms. The number of carbonyl (C=O) groups is 2. The van der Waals surface area contributed by atoms with E-state index in [2.05, 4.69) is 0 Å². The molecule has 0 aliphatic heterocycles. The van der Waals surface area contributed by atoms with Gasteiger partial charge in [-0.2, -0.15) is 0 Å². The minimum absolute atomic E-state index is 0.0863. The van der Waals surface area contributed by atoms with Gasteiger partial charge in [-0.25, -0.2) is 0 Å². The van der Waals surface area contributed by atoms with Crippen LogP contribution in [0.2, 0.25) is 0 Å². The van der Waals surface area contributed by atoms with Crippen molar-refractivity contribution in [2.24, 2.45) is 17.8 Å². The van der Waals surface area contributed by atoms with Gasteiger partial charge in [0.05, 0.1) is 12.2 Å². The van der Waals surface area contributed by atoms with Gasteiger partial charge in [-0.15, -0.1) is 0 Å². The summed E-state index contributed by atoms with van der Waals surface area (Å²) in [4.78, 5) is 22.8. The third-order valence-electron chi connectivity index (χ3n) is 4.24. The number of carbonyl (C=O) groups excluding carboxylic acids is 2. The molecule has 4 atom stereocenters. The Bertz CT molecular complexity index is 286. The first kappa shape index (κ1) is 15.3. The van der Waals surface area contributed by atoms with Crippen LogP contribution in [-0.2, 0) is 9.59 Å². The molecule has 0 radical (unpaired) electrons. The summed E-state index contributed by atoms with van der Waals surface area (Å²) in [6.07, 6.45) is 2.10. The van der Waals surface area contributed by atoms with Gasteiger partial charge in [-0.3, -0.25) is 4.79 Å². The maximum absolute atomic E-state index is 11.9. The van der Waals surface area contributed by atoms with Gasteiger partial charge in [0, 0.05) is 24.7 Å². The van der Waals surface area contributed by atoms with Crippen LogP contribution in [-0.4, -0.2) is 34.5 Å². The first-order chi connectivity index (χ1) is 8.54. The molecule has 4 nitrogen and oxygen atoms in total. The fourth-order valence-electron chi connectivity index (χ4n) is 2.95. The standard InChI is InChI=1S/C14H24O4/c1-3-9(4-2)12(16)6-5-10-11(8-15)14(18)7-13(10)17/h8-11,13-14,17-18H,3-7H2,1-2H3. The number of aldehydes is 1. The van der Waals surface area contributed by atoms with Gasteiger partial charge in [0.1, 0.15) is 12.1 Å². The Morgan fingerprint density at radius 2 is 1.89 bits per heavy atom. The number of hydrogen-bond donors (Lipinski definition) is 2. The van der Waals surface area contributed by atoms with Crippen molar-refractivity contribution in [3.05, 3.63) is 0 Å². The number of hydrogen-bond acceptors (Lipinski definition) is 4. The fraction of sp³-hybridized carbons (Fsp3) is 0.857. The molecule has 0 bridgehead atoms. The predicted octanol–water partition coefficient (Wildman–Crippen LogP) is 1.33. The van der Waals surface area contributed by atoms with Crippen LogP contribution in [0.5, 0.6) is 0 Å². The molecule has 104 valence electrons. The lowest BCUT2D eigenvalue weighted by molar-refractivity contribution is -0.124. The third kappa shape index (κ3) is 3.39. The van der Waals surface area contributed by atoms with Crippen LogP contribution in [0.1, 0.15) is 46.0 Å². The number of aliphatic hydroxyl groups is 2. The number of ketones is 1. The Hall–Kier alpha value is -0.740. The lowest BCUT2D eigenvalue weighted by Crippen LogP contribution is -2.25. The Balaban J connectivity index is 2.51. The lowest BCUT2D eigenvalue weighted by atomic mass is 9.87. The van der Waals surface area contributed by atoms with Gasteiger partial charge in [-0.1, -0.05) is 13.8 Å². The quantitative estimate of drug-likeness (QED) is 0.674. The number of Topliss-reactive ketones (excluding diaryl/α,β-unsaturated/α-hetero) is 1. The molecule has 0 aromatic carbocycles. The van der Waals surface area contributed by atoms with Crippen molar-refractivity contribution >= 4 is 12.1 Å². The Morgan fingerprint density at radius 3 is 2.39 bits per heavy atom. The highest BCUT2D eigenvalue weighted by Crippen LogP contribution is 2.34. The SMILES string of the molecule is CCC(CC)C(=O)CCC1C(O)CC(O)C1C=O. The van der Waals surface area contributed by atoms with Crippen LogP contribution >= 0.6 is 0 Å². The van der Waals surface area contributed by atoms with E-state index in [1.165, 1.54) is 0 Å². The van der Waals surface area contributed by atoms with E-state index in [1.54, 1.807) is 0 Å². The molecule has 1 rings (SSSR count). The smallest absolute Gasteiger partial charge is 0.135 e. The highest BCUT2D eigenvalue weighted by atomic mass is 16.3. The second-order valence-corrected chi connectivity index (χ2v) is 5.27. The topological polar surface area (TPSA) is 74.6 Å². The number of rotatable bonds is 7. The molecule has 1 aliphatic carbocycles. The first-order valence-electron chi connectivity index (χ1n) is 6.89. The van der Waals surface area contributed by atoms with Crippen molar-refractivity contribution in [1.29, 1.82) is 0 Å². The molecule has 0 aromatic rings. The second kappa shape index (κ2) is 7.00. The highest BCUT2D eigenvalue weighted by molar-refractivity contribution is 5.80. The van der Waals surface area contributed by atoms with Crippen LogP contribution in [0, 0.1) is 17.8 Å². The summed E-state index contributed by atoms with van der Waals surface area (Å²) in [6, 6.07) is 0. The van der Waals surface area contributed by atoms with Crippen molar-refractivity contribution in [1.82, 2.24) is 0 Å². The molecule has 0 amide bonds. The molecule has 1 fully saturated rings. The van der Waals surface area contributed by atoms with E-state index in [4.69, 9.17) is 0 Å². The molecule has 0 heterocycles. The Labute approximate surface area is 108 Å². The van der Waals surface area contributed by atoms with Crippen molar-refractivity contribution in [3.8, 4) is 0 Å². The van der Waals surface area contributed by atoms with Crippen LogP contribution in [0.25, 0.3) is 0 Å². The van der Waals surface area contributed by atoms with Gasteiger partial charge in [0.25, 0.3) is 0 Å². The molecule has 2 N–H and O–H groups in total. The largest absolute Gasteiger partial charge is 0.393 e. The maximum atomic E-state index is 11.9. The van der Waals surface area contributed by atoms with E-state index < -0.39 is 18.1 Å². The molecule has 4 unspecified atom stereocenters. The molecular weight excluding hydrogens is 232 g/mol. The zero-order chi connectivity index (χ0) is 13.7. The second-order valence-electron chi connectivity index (χ2n) is 5.27. The van der Waals surface area contributed by atoms with E-state index in [0.717, 1.165) is 12.8 Å². The monoisotopic (exact) mass is 256 g/mol. The predicted molar refractivity (Wildman–Crippen MR) is 68.0 cm³/mol. The summed E-state index contributed by atoms with van der Waals surface area (Å²) in [5.74, 6) is -0.494. The van der Waals surface area contributed by atoms with E-state index in [1.807, 2.05) is 13.8 Å². The van der Waals surface area contributed by atoms with E-state index in [-0.39, 0.29) is 24.0 Å². The lowest BCUT2D eigenvalue weighted by Gasteiger charge is -2.19. The summed E-state index contributed by atoms with van der Waals surface area (Å²) in [5.41, 5.74) is 0. The van der Waals surface area contributed by atoms with Crippen LogP contribution in [0.15, 0.2) is 0 Å². The van der Waals surface area contributed by atoms with E-state index in [9.17, 15) is 19.8 Å². The minimum atomic E-state index is -0.759. The minimum Gasteiger partial charge on any atom is -0.393 e. The van der Waals surface area contributed by atoms with E-state index in [0.29, 0.717) is 19.1 Å². The fourth-order valence-corrected chi connectivity index (χ4v) is 2.95. The molecule has 0 saturated heterocycles. The normalized spacial score (nSPS) is 31.8. The van der Waals surface area contributed by atoms with Gasteiger partial charge >= 0.3 is 0 Å². The van der Waals surface area contributed by atoms with E-state index >= 15 is 0 Å². The van der Waals surface area contributed by atoms with Crippen molar-refractivity contribution in [2.45, 2.75) is 58.2 Å². The van der Waals surface area contributed by atoms with Gasteiger partial charge in [0.2, 0.25) is 0 Å². The number of aliphatic hydroxyl groups excluding tert-OH is 2. The zero-order valence-corrected chi connectivity index (χ0v) is 11.2. The third-order valence-corrected chi connectivity index (χ3v) is 4.24. The molecule has 18 heavy (non-hydrogen) atoms. The molecule has 1 saturated carbocycles. The van der Waals surface area contributed by atoms with Crippen molar-refractivity contribution in [3.63, 3.8) is 0 Å². The van der Waals surface area contributed by atoms with Gasteiger partial charge in [-0.05, 0) is 25.2 Å². The molecule has 4 heteroatoms. The summed E-state index contributed by atoms with van der Waals surface area (Å²) >= 11 is 0. The summed E-state index contributed by atoms with van der Waals surface area (Å²) in [5, 5.41) is 19.4. The average Bonchev–Trinajstić information content (AvgIpc) is 2.62. The summed E-state index contributed by atoms with van der Waals surface area (Å²) in [7, 11) is 0. The molecular formula is C14H24O4. The van der Waals surface area contributed by atoms with Crippen LogP contribution in [0.4, 0.5) is 0 Å².